The summed E-state index contributed by atoms with van der Waals surface area (Å²) in [6.45, 7) is 6.01. The van der Waals surface area contributed by atoms with E-state index in [9.17, 15) is 19.1 Å². The van der Waals surface area contributed by atoms with Crippen LogP contribution >= 0.6 is 0 Å². The smallest absolute Gasteiger partial charge is 0.313 e. The molecule has 1 aromatic carbocycles. The number of aliphatic hydroxyl groups is 1. The second-order valence-corrected chi connectivity index (χ2v) is 8.23. The number of carbonyl (C=O) groups is 2. The number of aliphatic hydroxyl groups excluding tert-OH is 1. The summed E-state index contributed by atoms with van der Waals surface area (Å²) >= 11 is 0. The fourth-order valence-electron chi connectivity index (χ4n) is 3.90. The Hall–Kier alpha value is -3.25. The Morgan fingerprint density at radius 1 is 1.19 bits per heavy atom. The van der Waals surface area contributed by atoms with E-state index in [2.05, 4.69) is 18.2 Å². The van der Waals surface area contributed by atoms with Crippen LogP contribution in [0, 0.1) is 5.82 Å². The average molecular weight is 438 g/mol. The number of nitrogens with zero attached hydrogens (tertiary/aromatic N) is 1. The molecule has 0 amide bonds. The minimum Gasteiger partial charge on any atom is -0.466 e. The predicted molar refractivity (Wildman–Crippen MR) is 122 cm³/mol. The van der Waals surface area contributed by atoms with Crippen molar-refractivity contribution in [3.63, 3.8) is 0 Å². The van der Waals surface area contributed by atoms with E-state index in [1.54, 1.807) is 31.2 Å². The van der Waals surface area contributed by atoms with E-state index in [1.807, 2.05) is 30.5 Å². The highest BCUT2D eigenvalue weighted by atomic mass is 19.1. The first-order chi connectivity index (χ1) is 15.2. The van der Waals surface area contributed by atoms with E-state index in [-0.39, 0.29) is 31.0 Å². The summed E-state index contributed by atoms with van der Waals surface area (Å²) < 4.78 is 20.3. The van der Waals surface area contributed by atoms with Crippen LogP contribution in [0.15, 0.2) is 60.8 Å². The fourth-order valence-corrected chi connectivity index (χ4v) is 3.90. The van der Waals surface area contributed by atoms with Crippen molar-refractivity contribution >= 4 is 23.3 Å². The van der Waals surface area contributed by atoms with Crippen LogP contribution in [0.25, 0.3) is 11.6 Å². The molecule has 2 heterocycles. The van der Waals surface area contributed by atoms with E-state index in [4.69, 9.17) is 4.74 Å². The Morgan fingerprint density at radius 2 is 1.91 bits per heavy atom. The normalized spacial score (nSPS) is 12.9. The molecule has 3 aromatic rings. The summed E-state index contributed by atoms with van der Waals surface area (Å²) in [6.07, 6.45) is 3.77. The number of pyridine rings is 1. The number of halogens is 1. The number of Topliss-reactive ketones (excluding diaryl/α,β-unsaturated/α-hetero) is 1. The number of hydrogen-bond acceptors (Lipinski definition) is 4. The van der Waals surface area contributed by atoms with Gasteiger partial charge < -0.3 is 14.2 Å². The second kappa shape index (κ2) is 9.92. The largest absolute Gasteiger partial charge is 0.466 e. The Bertz CT molecular complexity index is 1130. The lowest BCUT2D eigenvalue weighted by Gasteiger charge is -2.27. The van der Waals surface area contributed by atoms with Crippen LogP contribution in [0.2, 0.25) is 0 Å². The van der Waals surface area contributed by atoms with Crippen LogP contribution in [0.3, 0.4) is 0 Å². The van der Waals surface area contributed by atoms with Gasteiger partial charge in [0.2, 0.25) is 0 Å². The summed E-state index contributed by atoms with van der Waals surface area (Å²) in [5.74, 6) is -1.26. The van der Waals surface area contributed by atoms with Gasteiger partial charge in [-0.15, -0.1) is 0 Å². The maximum Gasteiger partial charge on any atom is 0.313 e. The number of ketones is 1. The molecule has 0 aliphatic heterocycles. The topological polar surface area (TPSA) is 68.0 Å². The zero-order chi connectivity index (χ0) is 23.3. The number of benzene rings is 1. The van der Waals surface area contributed by atoms with Gasteiger partial charge in [-0.2, -0.15) is 0 Å². The van der Waals surface area contributed by atoms with Gasteiger partial charge in [0, 0.05) is 29.2 Å². The summed E-state index contributed by atoms with van der Waals surface area (Å²) in [5.41, 5.74) is 3.31. The first-order valence-electron chi connectivity index (χ1n) is 10.6. The standard InChI is InChI=1S/C26H28FNO4/c1-4-32-24(31)17-23(30)16-22(29)13-8-18-15-21-7-5-6-14-28(21)25(18)26(2,3)19-9-11-20(27)12-10-19/h5-15,22,29H,4,16-17H2,1-3H3/b13-8+. The van der Waals surface area contributed by atoms with Crippen LogP contribution < -0.4 is 0 Å². The van der Waals surface area contributed by atoms with Crippen molar-refractivity contribution in [3.05, 3.63) is 83.4 Å². The van der Waals surface area contributed by atoms with E-state index >= 15 is 0 Å². The van der Waals surface area contributed by atoms with Gasteiger partial charge >= 0.3 is 5.97 Å². The number of hydrogen-bond donors (Lipinski definition) is 1. The summed E-state index contributed by atoms with van der Waals surface area (Å²) in [6, 6.07) is 14.3. The molecule has 1 unspecified atom stereocenters. The second-order valence-electron chi connectivity index (χ2n) is 8.23. The lowest BCUT2D eigenvalue weighted by atomic mass is 9.79. The maximum absolute atomic E-state index is 13.5. The maximum atomic E-state index is 13.5. The molecule has 5 nitrogen and oxygen atoms in total. The SMILES string of the molecule is CCOC(=O)CC(=O)CC(O)/C=C/c1cc2ccccn2c1C(C)(C)c1ccc(F)cc1. The Morgan fingerprint density at radius 3 is 2.59 bits per heavy atom. The number of aromatic nitrogens is 1. The van der Waals surface area contributed by atoms with Gasteiger partial charge in [-0.05, 0) is 48.4 Å². The quantitative estimate of drug-likeness (QED) is 0.390. The van der Waals surface area contributed by atoms with Gasteiger partial charge in [0.05, 0.1) is 12.7 Å². The molecule has 0 radical (unpaired) electrons. The number of rotatable bonds is 9. The minimum atomic E-state index is -1.03. The zero-order valence-electron chi connectivity index (χ0n) is 18.5. The molecule has 0 spiro atoms. The molecule has 0 saturated carbocycles. The molecular weight excluding hydrogens is 409 g/mol. The molecule has 3 rings (SSSR count). The molecule has 2 aromatic heterocycles. The van der Waals surface area contributed by atoms with Gasteiger partial charge in [-0.25, -0.2) is 4.39 Å². The minimum absolute atomic E-state index is 0.167. The summed E-state index contributed by atoms with van der Waals surface area (Å²) in [7, 11) is 0. The fraction of sp³-hybridized carbons (Fsp3) is 0.308. The van der Waals surface area contributed by atoms with Crippen molar-refractivity contribution < 1.29 is 23.8 Å². The number of ether oxygens (including phenoxy) is 1. The molecule has 0 aliphatic rings. The number of fused-ring (bicyclic) bond motifs is 1. The number of carbonyl (C=O) groups excluding carboxylic acids is 2. The van der Waals surface area contributed by atoms with Crippen LogP contribution in [0.4, 0.5) is 4.39 Å². The molecule has 0 saturated heterocycles. The molecular formula is C26H28FNO4. The lowest BCUT2D eigenvalue weighted by molar-refractivity contribution is -0.145. The summed E-state index contributed by atoms with van der Waals surface area (Å²) in [4.78, 5) is 23.5. The third kappa shape index (κ3) is 5.32. The van der Waals surface area contributed by atoms with Crippen LogP contribution in [0.1, 0.15) is 50.4 Å². The monoisotopic (exact) mass is 437 g/mol. The highest BCUT2D eigenvalue weighted by Gasteiger charge is 2.29. The molecule has 168 valence electrons. The van der Waals surface area contributed by atoms with Gasteiger partial charge in [0.15, 0.2) is 0 Å². The van der Waals surface area contributed by atoms with Crippen LogP contribution in [-0.2, 0) is 19.7 Å². The molecule has 6 heteroatoms. The van der Waals surface area contributed by atoms with Crippen molar-refractivity contribution in [2.45, 2.75) is 45.1 Å². The van der Waals surface area contributed by atoms with Crippen molar-refractivity contribution in [2.75, 3.05) is 6.61 Å². The van der Waals surface area contributed by atoms with Crippen molar-refractivity contribution in [2.24, 2.45) is 0 Å². The van der Waals surface area contributed by atoms with E-state index < -0.39 is 17.5 Å². The average Bonchev–Trinajstić information content (AvgIpc) is 3.12. The van der Waals surface area contributed by atoms with Gasteiger partial charge in [-0.1, -0.05) is 44.2 Å². The summed E-state index contributed by atoms with van der Waals surface area (Å²) in [5, 5.41) is 10.3. The molecule has 1 atom stereocenters. The lowest BCUT2D eigenvalue weighted by Crippen LogP contribution is -2.22. The van der Waals surface area contributed by atoms with Gasteiger partial charge in [-0.3, -0.25) is 9.59 Å². The molecule has 1 N–H and O–H groups in total. The highest BCUT2D eigenvalue weighted by molar-refractivity contribution is 5.95. The Labute approximate surface area is 187 Å². The zero-order valence-corrected chi connectivity index (χ0v) is 18.5. The van der Waals surface area contributed by atoms with E-state index in [1.165, 1.54) is 12.1 Å². The Balaban J connectivity index is 1.89. The van der Waals surface area contributed by atoms with Crippen LogP contribution in [0.5, 0.6) is 0 Å². The van der Waals surface area contributed by atoms with Crippen LogP contribution in [-0.4, -0.2) is 34.0 Å². The molecule has 0 bridgehead atoms. The number of esters is 1. The van der Waals surface area contributed by atoms with Crippen molar-refractivity contribution in [3.8, 4) is 0 Å². The Kier molecular flexibility index (Phi) is 7.26. The van der Waals surface area contributed by atoms with Gasteiger partial charge in [0.25, 0.3) is 0 Å². The highest BCUT2D eigenvalue weighted by Crippen LogP contribution is 2.36. The first kappa shape index (κ1) is 23.4. The third-order valence-electron chi connectivity index (χ3n) is 5.45. The van der Waals surface area contributed by atoms with Crippen molar-refractivity contribution in [1.29, 1.82) is 0 Å². The van der Waals surface area contributed by atoms with E-state index in [0.717, 1.165) is 22.3 Å². The van der Waals surface area contributed by atoms with Crippen molar-refractivity contribution in [1.82, 2.24) is 4.40 Å². The first-order valence-corrected chi connectivity index (χ1v) is 10.6. The predicted octanol–water partition coefficient (Wildman–Crippen LogP) is 4.69. The van der Waals surface area contributed by atoms with E-state index in [0.29, 0.717) is 0 Å². The molecule has 0 aliphatic carbocycles. The van der Waals surface area contributed by atoms with Gasteiger partial charge in [0.1, 0.15) is 18.0 Å². The third-order valence-corrected chi connectivity index (χ3v) is 5.45. The molecule has 0 fully saturated rings. The molecule has 32 heavy (non-hydrogen) atoms.